The predicted molar refractivity (Wildman–Crippen MR) is 89.3 cm³/mol. The number of hydrogen-bond acceptors (Lipinski definition) is 5. The molecule has 2 rings (SSSR count). The van der Waals surface area contributed by atoms with Gasteiger partial charge in [-0.2, -0.15) is 0 Å². The molecule has 1 fully saturated rings. The number of ether oxygens (including phenoxy) is 1. The van der Waals surface area contributed by atoms with E-state index in [-0.39, 0.29) is 29.2 Å². The van der Waals surface area contributed by atoms with Crippen molar-refractivity contribution in [1.82, 2.24) is 10.6 Å². The molecule has 1 aromatic carbocycles. The van der Waals surface area contributed by atoms with Gasteiger partial charge in [0, 0.05) is 19.7 Å². The highest BCUT2D eigenvalue weighted by atomic mass is 35.5. The fraction of sp³-hybridized carbons (Fsp3) is 0.533. The molecule has 0 radical (unpaired) electrons. The van der Waals surface area contributed by atoms with Gasteiger partial charge >= 0.3 is 0 Å². The number of hydrogen-bond donors (Lipinski definition) is 2. The van der Waals surface area contributed by atoms with Crippen LogP contribution in [0.4, 0.5) is 5.69 Å². The van der Waals surface area contributed by atoms with Crippen LogP contribution >= 0.6 is 12.4 Å². The highest BCUT2D eigenvalue weighted by Gasteiger charge is 2.34. The van der Waals surface area contributed by atoms with Crippen molar-refractivity contribution in [2.75, 3.05) is 26.8 Å². The molecule has 1 amide bonds. The minimum absolute atomic E-state index is 0. The lowest BCUT2D eigenvalue weighted by atomic mass is 9.98. The highest BCUT2D eigenvalue weighted by Crippen LogP contribution is 2.21. The van der Waals surface area contributed by atoms with E-state index in [0.29, 0.717) is 13.2 Å². The van der Waals surface area contributed by atoms with Crippen molar-refractivity contribution in [3.05, 3.63) is 39.4 Å². The van der Waals surface area contributed by atoms with Crippen LogP contribution in [-0.4, -0.2) is 43.2 Å². The molecular formula is C15H22ClN3O4. The molecule has 128 valence electrons. The molecule has 1 unspecified atom stereocenters. The topological polar surface area (TPSA) is 93.5 Å². The minimum Gasteiger partial charge on any atom is -0.383 e. The van der Waals surface area contributed by atoms with Gasteiger partial charge in [0.05, 0.1) is 17.1 Å². The zero-order valence-corrected chi connectivity index (χ0v) is 14.1. The van der Waals surface area contributed by atoms with Crippen LogP contribution in [0.25, 0.3) is 0 Å². The summed E-state index contributed by atoms with van der Waals surface area (Å²) in [6.45, 7) is 3.54. The van der Waals surface area contributed by atoms with Crippen molar-refractivity contribution >= 4 is 24.0 Å². The van der Waals surface area contributed by atoms with Crippen molar-refractivity contribution in [1.29, 1.82) is 0 Å². The third-order valence-corrected chi connectivity index (χ3v) is 3.93. The number of carbonyl (C=O) groups is 1. The Morgan fingerprint density at radius 1 is 1.52 bits per heavy atom. The minimum atomic E-state index is -0.535. The third kappa shape index (κ3) is 4.63. The first-order valence-corrected chi connectivity index (χ1v) is 7.25. The molecule has 8 heteroatoms. The molecule has 1 heterocycles. The van der Waals surface area contributed by atoms with Crippen LogP contribution in [0.5, 0.6) is 0 Å². The quantitative estimate of drug-likeness (QED) is 0.607. The summed E-state index contributed by atoms with van der Waals surface area (Å²) < 4.78 is 5.23. The van der Waals surface area contributed by atoms with Crippen LogP contribution in [0.2, 0.25) is 0 Å². The number of nitrogens with one attached hydrogen (secondary N) is 2. The van der Waals surface area contributed by atoms with Gasteiger partial charge in [-0.3, -0.25) is 14.9 Å². The van der Waals surface area contributed by atoms with Gasteiger partial charge in [-0.15, -0.1) is 12.4 Å². The second-order valence-corrected chi connectivity index (χ2v) is 5.70. The number of nitrogens with zero attached hydrogens (tertiary/aromatic N) is 1. The van der Waals surface area contributed by atoms with Crippen LogP contribution < -0.4 is 10.6 Å². The first-order valence-electron chi connectivity index (χ1n) is 7.25. The molecule has 7 nitrogen and oxygen atoms in total. The van der Waals surface area contributed by atoms with Crippen LogP contribution in [0, 0.1) is 17.0 Å². The smallest absolute Gasteiger partial charge is 0.282 e. The first-order chi connectivity index (χ1) is 10.5. The summed E-state index contributed by atoms with van der Waals surface area (Å²) in [5.74, 6) is -0.431. The molecule has 2 N–H and O–H groups in total. The molecule has 1 saturated heterocycles. The fourth-order valence-corrected chi connectivity index (χ4v) is 2.81. The van der Waals surface area contributed by atoms with Crippen molar-refractivity contribution in [2.24, 2.45) is 0 Å². The largest absolute Gasteiger partial charge is 0.383 e. The molecule has 0 spiro atoms. The number of methoxy groups -OCH3 is 1. The van der Waals surface area contributed by atoms with Crippen LogP contribution in [0.15, 0.2) is 18.2 Å². The summed E-state index contributed by atoms with van der Waals surface area (Å²) in [7, 11) is 1.62. The number of rotatable bonds is 6. The van der Waals surface area contributed by atoms with Gasteiger partial charge in [0.1, 0.15) is 5.56 Å². The standard InChI is InChI=1S/C15H21N3O4.ClH/c1-11-4-5-13(18(20)21)12(8-11)14(19)16-9-15(10-22-2)6-3-7-17-15;/h4-5,8,17H,3,6-7,9-10H2,1-2H3,(H,16,19);1H. The fourth-order valence-electron chi connectivity index (χ4n) is 2.81. The maximum atomic E-state index is 12.3. The Hall–Kier alpha value is -1.70. The number of nitro groups is 1. The summed E-state index contributed by atoms with van der Waals surface area (Å²) in [5.41, 5.74) is 0.434. The summed E-state index contributed by atoms with van der Waals surface area (Å²) in [6, 6.07) is 4.53. The van der Waals surface area contributed by atoms with E-state index in [1.54, 1.807) is 26.2 Å². The normalized spacial score (nSPS) is 19.9. The Labute approximate surface area is 141 Å². The maximum absolute atomic E-state index is 12.3. The van der Waals surface area contributed by atoms with E-state index in [9.17, 15) is 14.9 Å². The Balaban J connectivity index is 0.00000264. The number of benzene rings is 1. The molecule has 0 aliphatic carbocycles. The van der Waals surface area contributed by atoms with Gasteiger partial charge in [0.25, 0.3) is 11.6 Å². The van der Waals surface area contributed by atoms with E-state index in [1.165, 1.54) is 6.07 Å². The Bertz CT molecular complexity index is 574. The van der Waals surface area contributed by atoms with Gasteiger partial charge in [-0.25, -0.2) is 0 Å². The molecular weight excluding hydrogens is 322 g/mol. The zero-order valence-electron chi connectivity index (χ0n) is 13.3. The summed E-state index contributed by atoms with van der Waals surface area (Å²) in [5, 5.41) is 17.2. The Morgan fingerprint density at radius 2 is 2.26 bits per heavy atom. The monoisotopic (exact) mass is 343 g/mol. The van der Waals surface area contributed by atoms with E-state index >= 15 is 0 Å². The highest BCUT2D eigenvalue weighted by molar-refractivity contribution is 5.98. The maximum Gasteiger partial charge on any atom is 0.282 e. The van der Waals surface area contributed by atoms with E-state index in [1.807, 2.05) is 0 Å². The number of nitro benzene ring substituents is 1. The van der Waals surface area contributed by atoms with E-state index < -0.39 is 10.8 Å². The van der Waals surface area contributed by atoms with Gasteiger partial charge in [0.15, 0.2) is 0 Å². The Kier molecular flexibility index (Phi) is 6.93. The number of aryl methyl sites for hydroxylation is 1. The molecule has 1 aromatic rings. The number of halogens is 1. The first kappa shape index (κ1) is 19.3. The van der Waals surface area contributed by atoms with Gasteiger partial charge in [-0.05, 0) is 37.9 Å². The zero-order chi connectivity index (χ0) is 16.2. The molecule has 0 saturated carbocycles. The van der Waals surface area contributed by atoms with Gasteiger partial charge < -0.3 is 15.4 Å². The molecule has 1 aliphatic rings. The van der Waals surface area contributed by atoms with E-state index in [0.717, 1.165) is 24.9 Å². The van der Waals surface area contributed by atoms with Crippen LogP contribution in [-0.2, 0) is 4.74 Å². The van der Waals surface area contributed by atoms with Gasteiger partial charge in [0.2, 0.25) is 0 Å². The molecule has 1 atom stereocenters. The summed E-state index contributed by atoms with van der Waals surface area (Å²) in [4.78, 5) is 22.9. The van der Waals surface area contributed by atoms with E-state index in [2.05, 4.69) is 10.6 Å². The predicted octanol–water partition coefficient (Wildman–Crippen LogP) is 1.82. The number of carbonyl (C=O) groups excluding carboxylic acids is 1. The van der Waals surface area contributed by atoms with Crippen molar-refractivity contribution < 1.29 is 14.5 Å². The third-order valence-electron chi connectivity index (χ3n) is 3.93. The van der Waals surface area contributed by atoms with Crippen molar-refractivity contribution in [3.8, 4) is 0 Å². The average molecular weight is 344 g/mol. The SMILES string of the molecule is COCC1(CNC(=O)c2cc(C)ccc2[N+](=O)[O-])CCCN1.Cl. The molecule has 0 bridgehead atoms. The lowest BCUT2D eigenvalue weighted by Gasteiger charge is -2.28. The molecule has 1 aliphatic heterocycles. The Morgan fingerprint density at radius 3 is 2.83 bits per heavy atom. The summed E-state index contributed by atoms with van der Waals surface area (Å²) >= 11 is 0. The summed E-state index contributed by atoms with van der Waals surface area (Å²) in [6.07, 6.45) is 1.92. The lowest BCUT2D eigenvalue weighted by molar-refractivity contribution is -0.385. The average Bonchev–Trinajstić information content (AvgIpc) is 2.94. The van der Waals surface area contributed by atoms with Crippen LogP contribution in [0.1, 0.15) is 28.8 Å². The molecule has 0 aromatic heterocycles. The molecule has 23 heavy (non-hydrogen) atoms. The van der Waals surface area contributed by atoms with Gasteiger partial charge in [-0.1, -0.05) is 6.07 Å². The van der Waals surface area contributed by atoms with E-state index in [4.69, 9.17) is 4.74 Å². The van der Waals surface area contributed by atoms with Crippen LogP contribution in [0.3, 0.4) is 0 Å². The second kappa shape index (κ2) is 8.24. The van der Waals surface area contributed by atoms with Crippen molar-refractivity contribution in [2.45, 2.75) is 25.3 Å². The lowest BCUT2D eigenvalue weighted by Crippen LogP contribution is -2.53. The van der Waals surface area contributed by atoms with Crippen molar-refractivity contribution in [3.63, 3.8) is 0 Å². The number of amides is 1. The second-order valence-electron chi connectivity index (χ2n) is 5.70.